The highest BCUT2D eigenvalue weighted by atomic mass is 16.5. The molecule has 0 radical (unpaired) electrons. The molecule has 0 fully saturated rings. The molecule has 2 rings (SSSR count). The van der Waals surface area contributed by atoms with Gasteiger partial charge in [0.2, 0.25) is 0 Å². The van der Waals surface area contributed by atoms with Gasteiger partial charge in [0.05, 0.1) is 5.92 Å². The molecule has 1 N–H and O–H groups in total. The summed E-state index contributed by atoms with van der Waals surface area (Å²) in [6, 6.07) is 18.7. The molecule has 20 heavy (non-hydrogen) atoms. The molecular weight excluding hydrogens is 252 g/mol. The Labute approximate surface area is 118 Å². The van der Waals surface area contributed by atoms with E-state index in [1.54, 1.807) is 6.92 Å². The van der Waals surface area contributed by atoms with E-state index in [9.17, 15) is 9.90 Å². The van der Waals surface area contributed by atoms with Gasteiger partial charge in [-0.25, -0.2) is 0 Å². The Morgan fingerprint density at radius 1 is 1.05 bits per heavy atom. The molecule has 0 spiro atoms. The highest BCUT2D eigenvalue weighted by Crippen LogP contribution is 2.35. The van der Waals surface area contributed by atoms with Crippen molar-refractivity contribution in [2.75, 3.05) is 0 Å². The second-order valence-corrected chi connectivity index (χ2v) is 4.95. The van der Waals surface area contributed by atoms with E-state index in [-0.39, 0.29) is 0 Å². The standard InChI is InChI=1S/C17H18O3/c1-13(16(18)19)17(2,14-9-5-3-6-10-14)20-15-11-7-4-8-12-15/h3-13H,1-2H3,(H,18,19). The lowest BCUT2D eigenvalue weighted by Crippen LogP contribution is -2.40. The van der Waals surface area contributed by atoms with Crippen LogP contribution in [0.4, 0.5) is 0 Å². The summed E-state index contributed by atoms with van der Waals surface area (Å²) in [5.41, 5.74) is -0.0761. The van der Waals surface area contributed by atoms with Crippen LogP contribution in [0, 0.1) is 5.92 Å². The Morgan fingerprint density at radius 3 is 2.05 bits per heavy atom. The molecule has 3 heteroatoms. The molecule has 0 saturated carbocycles. The molecule has 2 aromatic rings. The van der Waals surface area contributed by atoms with Gasteiger partial charge in [0.15, 0.2) is 0 Å². The van der Waals surface area contributed by atoms with Crippen LogP contribution >= 0.6 is 0 Å². The Bertz CT molecular complexity index is 565. The van der Waals surface area contributed by atoms with Crippen molar-refractivity contribution in [1.82, 2.24) is 0 Å². The fourth-order valence-electron chi connectivity index (χ4n) is 2.14. The van der Waals surface area contributed by atoms with Gasteiger partial charge >= 0.3 is 5.97 Å². The highest BCUT2D eigenvalue weighted by molar-refractivity contribution is 5.71. The topological polar surface area (TPSA) is 46.5 Å². The number of carboxylic acid groups (broad SMARTS) is 1. The predicted molar refractivity (Wildman–Crippen MR) is 77.7 cm³/mol. The van der Waals surface area contributed by atoms with Crippen LogP contribution in [-0.4, -0.2) is 11.1 Å². The van der Waals surface area contributed by atoms with Gasteiger partial charge < -0.3 is 9.84 Å². The summed E-state index contributed by atoms with van der Waals surface area (Å²) in [4.78, 5) is 11.4. The van der Waals surface area contributed by atoms with Gasteiger partial charge in [-0.15, -0.1) is 0 Å². The van der Waals surface area contributed by atoms with E-state index in [2.05, 4.69) is 0 Å². The summed E-state index contributed by atoms with van der Waals surface area (Å²) in [5.74, 6) is -0.899. The summed E-state index contributed by atoms with van der Waals surface area (Å²) in [6.07, 6.45) is 0. The fourth-order valence-corrected chi connectivity index (χ4v) is 2.14. The number of rotatable bonds is 5. The Hall–Kier alpha value is -2.29. The molecule has 3 nitrogen and oxygen atoms in total. The largest absolute Gasteiger partial charge is 0.482 e. The minimum atomic E-state index is -0.922. The second kappa shape index (κ2) is 5.78. The van der Waals surface area contributed by atoms with Gasteiger partial charge in [0, 0.05) is 0 Å². The molecule has 0 aliphatic heterocycles. The van der Waals surface area contributed by atoms with E-state index >= 15 is 0 Å². The lowest BCUT2D eigenvalue weighted by molar-refractivity contribution is -0.148. The van der Waals surface area contributed by atoms with Crippen LogP contribution in [0.15, 0.2) is 60.7 Å². The van der Waals surface area contributed by atoms with E-state index in [1.807, 2.05) is 67.6 Å². The van der Waals surface area contributed by atoms with E-state index in [0.29, 0.717) is 5.75 Å². The Kier molecular flexibility index (Phi) is 4.08. The van der Waals surface area contributed by atoms with Crippen molar-refractivity contribution in [2.24, 2.45) is 5.92 Å². The first-order valence-corrected chi connectivity index (χ1v) is 6.56. The van der Waals surface area contributed by atoms with Gasteiger partial charge in [-0.3, -0.25) is 4.79 Å². The smallest absolute Gasteiger partial charge is 0.310 e. The lowest BCUT2D eigenvalue weighted by Gasteiger charge is -2.34. The molecular formula is C17H18O3. The molecule has 0 amide bonds. The molecule has 0 bridgehead atoms. The quantitative estimate of drug-likeness (QED) is 0.901. The van der Waals surface area contributed by atoms with E-state index < -0.39 is 17.5 Å². The highest BCUT2D eigenvalue weighted by Gasteiger charge is 2.39. The van der Waals surface area contributed by atoms with E-state index in [4.69, 9.17) is 4.74 Å². The third-order valence-corrected chi connectivity index (χ3v) is 3.62. The van der Waals surface area contributed by atoms with Crippen LogP contribution in [0.25, 0.3) is 0 Å². The van der Waals surface area contributed by atoms with Crippen molar-refractivity contribution in [3.8, 4) is 5.75 Å². The van der Waals surface area contributed by atoms with Gasteiger partial charge in [0.1, 0.15) is 11.4 Å². The Morgan fingerprint density at radius 2 is 1.55 bits per heavy atom. The van der Waals surface area contributed by atoms with Crippen molar-refractivity contribution in [3.63, 3.8) is 0 Å². The van der Waals surface area contributed by atoms with Crippen LogP contribution in [0.5, 0.6) is 5.75 Å². The van der Waals surface area contributed by atoms with Crippen LogP contribution < -0.4 is 4.74 Å². The normalized spacial score (nSPS) is 15.1. The first-order chi connectivity index (χ1) is 9.54. The maximum atomic E-state index is 11.4. The van der Waals surface area contributed by atoms with Crippen molar-refractivity contribution < 1.29 is 14.6 Å². The molecule has 104 valence electrons. The van der Waals surface area contributed by atoms with Crippen molar-refractivity contribution >= 4 is 5.97 Å². The first kappa shape index (κ1) is 14.1. The molecule has 0 heterocycles. The molecule has 0 aromatic heterocycles. The molecule has 2 atom stereocenters. The van der Waals surface area contributed by atoms with Gasteiger partial charge in [-0.2, -0.15) is 0 Å². The zero-order chi connectivity index (χ0) is 14.6. The monoisotopic (exact) mass is 270 g/mol. The number of carbonyl (C=O) groups is 1. The fraction of sp³-hybridized carbons (Fsp3) is 0.235. The minimum absolute atomic E-state index is 0.659. The van der Waals surface area contributed by atoms with Crippen LogP contribution in [0.1, 0.15) is 19.4 Å². The van der Waals surface area contributed by atoms with Gasteiger partial charge in [-0.1, -0.05) is 48.5 Å². The van der Waals surface area contributed by atoms with Crippen molar-refractivity contribution in [2.45, 2.75) is 19.4 Å². The predicted octanol–water partition coefficient (Wildman–Crippen LogP) is 3.70. The molecule has 2 unspecified atom stereocenters. The van der Waals surface area contributed by atoms with Crippen LogP contribution in [-0.2, 0) is 10.4 Å². The van der Waals surface area contributed by atoms with Crippen molar-refractivity contribution in [1.29, 1.82) is 0 Å². The summed E-state index contributed by atoms with van der Waals surface area (Å²) in [6.45, 7) is 3.48. The SMILES string of the molecule is CC(C(=O)O)C(C)(Oc1ccccc1)c1ccccc1. The van der Waals surface area contributed by atoms with Gasteiger partial charge in [-0.05, 0) is 31.5 Å². The van der Waals surface area contributed by atoms with Crippen LogP contribution in [0.2, 0.25) is 0 Å². The average Bonchev–Trinajstić information content (AvgIpc) is 2.48. The summed E-state index contributed by atoms with van der Waals surface area (Å²) < 4.78 is 6.03. The number of para-hydroxylation sites is 1. The number of hydrogen-bond acceptors (Lipinski definition) is 2. The maximum absolute atomic E-state index is 11.4. The first-order valence-electron chi connectivity index (χ1n) is 6.56. The minimum Gasteiger partial charge on any atom is -0.482 e. The van der Waals surface area contributed by atoms with Gasteiger partial charge in [0.25, 0.3) is 0 Å². The lowest BCUT2D eigenvalue weighted by atomic mass is 9.83. The van der Waals surface area contributed by atoms with Crippen LogP contribution in [0.3, 0.4) is 0 Å². The third-order valence-electron chi connectivity index (χ3n) is 3.62. The maximum Gasteiger partial charge on any atom is 0.310 e. The average molecular weight is 270 g/mol. The third kappa shape index (κ3) is 2.82. The summed E-state index contributed by atoms with van der Waals surface area (Å²) >= 11 is 0. The number of ether oxygens (including phenoxy) is 1. The summed E-state index contributed by atoms with van der Waals surface area (Å²) in [5, 5.41) is 9.38. The Balaban J connectivity index is 2.42. The number of aliphatic carboxylic acids is 1. The number of carboxylic acids is 1. The number of hydrogen-bond donors (Lipinski definition) is 1. The molecule has 0 saturated heterocycles. The summed E-state index contributed by atoms with van der Waals surface area (Å²) in [7, 11) is 0. The second-order valence-electron chi connectivity index (χ2n) is 4.95. The van der Waals surface area contributed by atoms with Crippen molar-refractivity contribution in [3.05, 3.63) is 66.2 Å². The number of benzene rings is 2. The van der Waals surface area contributed by atoms with E-state index in [1.165, 1.54) is 0 Å². The zero-order valence-corrected chi connectivity index (χ0v) is 11.6. The molecule has 2 aromatic carbocycles. The molecule has 0 aliphatic rings. The molecule has 0 aliphatic carbocycles. The van der Waals surface area contributed by atoms with E-state index in [0.717, 1.165) is 5.56 Å². The zero-order valence-electron chi connectivity index (χ0n) is 11.6.